The summed E-state index contributed by atoms with van der Waals surface area (Å²) >= 11 is 0. The summed E-state index contributed by atoms with van der Waals surface area (Å²) < 4.78 is 1.83. The Morgan fingerprint density at radius 3 is 2.83 bits per heavy atom. The smallest absolute Gasteiger partial charge is 0.323 e. The highest BCUT2D eigenvalue weighted by molar-refractivity contribution is 6.06. The molecule has 0 spiro atoms. The van der Waals surface area contributed by atoms with E-state index in [1.165, 1.54) is 11.9 Å². The number of imide groups is 1. The first kappa shape index (κ1) is 16.8. The summed E-state index contributed by atoms with van der Waals surface area (Å²) in [5, 5.41) is 14.8. The highest BCUT2D eigenvalue weighted by Gasteiger charge is 2.51. The molecule has 1 aromatic rings. The second kappa shape index (κ2) is 6.46. The van der Waals surface area contributed by atoms with Crippen molar-refractivity contribution in [1.82, 2.24) is 35.3 Å². The maximum absolute atomic E-state index is 12.5. The lowest BCUT2D eigenvalue weighted by molar-refractivity contribution is -0.132. The van der Waals surface area contributed by atoms with Gasteiger partial charge in [-0.15, -0.1) is 5.10 Å². The standard InChI is InChI=1S/C15H25N7O2/c1-4-7-22-12(17-18-19-22)10-21-8-5-6-11(9-21)15(2)13(23)20(3)14(24)16-15/h11H,4-10H2,1-3H3,(H,16,24). The van der Waals surface area contributed by atoms with E-state index in [-0.39, 0.29) is 17.9 Å². The highest BCUT2D eigenvalue weighted by Crippen LogP contribution is 2.32. The summed E-state index contributed by atoms with van der Waals surface area (Å²) in [6.07, 6.45) is 2.89. The molecule has 0 radical (unpaired) electrons. The molecular formula is C15H25N7O2. The zero-order valence-electron chi connectivity index (χ0n) is 14.5. The van der Waals surface area contributed by atoms with Gasteiger partial charge in [0.15, 0.2) is 5.82 Å². The Labute approximate surface area is 141 Å². The van der Waals surface area contributed by atoms with Gasteiger partial charge < -0.3 is 5.32 Å². The van der Waals surface area contributed by atoms with Gasteiger partial charge in [0.1, 0.15) is 5.54 Å². The molecule has 1 aromatic heterocycles. The largest absolute Gasteiger partial charge is 0.324 e. The van der Waals surface area contributed by atoms with E-state index in [9.17, 15) is 9.59 Å². The Bertz CT molecular complexity index is 631. The van der Waals surface area contributed by atoms with E-state index in [0.717, 1.165) is 44.7 Å². The summed E-state index contributed by atoms with van der Waals surface area (Å²) in [6.45, 7) is 7.09. The Kier molecular flexibility index (Phi) is 4.53. The fraction of sp³-hybridized carbons (Fsp3) is 0.800. The van der Waals surface area contributed by atoms with Crippen molar-refractivity contribution in [3.05, 3.63) is 5.82 Å². The molecular weight excluding hydrogens is 310 g/mol. The topological polar surface area (TPSA) is 96.2 Å². The first-order chi connectivity index (χ1) is 11.5. The number of likely N-dealkylation sites (N-methyl/N-ethyl adjacent to an activating group) is 1. The molecule has 132 valence electrons. The van der Waals surface area contributed by atoms with Gasteiger partial charge in [-0.25, -0.2) is 9.48 Å². The second-order valence-electron chi connectivity index (χ2n) is 6.89. The number of aryl methyl sites for hydroxylation is 1. The Hall–Kier alpha value is -2.03. The number of piperidine rings is 1. The zero-order valence-corrected chi connectivity index (χ0v) is 14.5. The first-order valence-electron chi connectivity index (χ1n) is 8.53. The quantitative estimate of drug-likeness (QED) is 0.774. The highest BCUT2D eigenvalue weighted by atomic mass is 16.2. The van der Waals surface area contributed by atoms with Crippen LogP contribution in [0.25, 0.3) is 0 Å². The average Bonchev–Trinajstić information content (AvgIpc) is 3.08. The molecule has 24 heavy (non-hydrogen) atoms. The summed E-state index contributed by atoms with van der Waals surface area (Å²) in [4.78, 5) is 27.8. The van der Waals surface area contributed by atoms with Crippen molar-refractivity contribution < 1.29 is 9.59 Å². The van der Waals surface area contributed by atoms with E-state index in [1.54, 1.807) is 0 Å². The van der Waals surface area contributed by atoms with Gasteiger partial charge in [-0.3, -0.25) is 14.6 Å². The lowest BCUT2D eigenvalue weighted by atomic mass is 9.80. The number of likely N-dealkylation sites (tertiary alicyclic amines) is 1. The molecule has 3 heterocycles. The predicted molar refractivity (Wildman–Crippen MR) is 85.8 cm³/mol. The van der Waals surface area contributed by atoms with Crippen LogP contribution in [0, 0.1) is 5.92 Å². The molecule has 3 amide bonds. The normalized spacial score (nSPS) is 28.5. The molecule has 2 atom stereocenters. The van der Waals surface area contributed by atoms with Crippen LogP contribution in [-0.2, 0) is 17.9 Å². The molecule has 0 aliphatic carbocycles. The Morgan fingerprint density at radius 1 is 1.38 bits per heavy atom. The number of tetrazole rings is 1. The Morgan fingerprint density at radius 2 is 2.17 bits per heavy atom. The number of nitrogens with one attached hydrogen (secondary N) is 1. The first-order valence-corrected chi connectivity index (χ1v) is 8.53. The van der Waals surface area contributed by atoms with Gasteiger partial charge in [0.05, 0.1) is 6.54 Å². The summed E-state index contributed by atoms with van der Waals surface area (Å²) in [6, 6.07) is -0.313. The minimum atomic E-state index is -0.820. The lowest BCUT2D eigenvalue weighted by Crippen LogP contribution is -2.55. The van der Waals surface area contributed by atoms with Crippen LogP contribution >= 0.6 is 0 Å². The molecule has 0 bridgehead atoms. The molecule has 2 aliphatic heterocycles. The summed E-state index contributed by atoms with van der Waals surface area (Å²) in [5.41, 5.74) is -0.820. The number of carbonyl (C=O) groups is 2. The minimum Gasteiger partial charge on any atom is -0.323 e. The fourth-order valence-corrected chi connectivity index (χ4v) is 3.67. The zero-order chi connectivity index (χ0) is 17.3. The number of aromatic nitrogens is 4. The van der Waals surface area contributed by atoms with Crippen molar-refractivity contribution in [2.75, 3.05) is 20.1 Å². The molecule has 9 heteroatoms. The molecule has 2 unspecified atom stereocenters. The van der Waals surface area contributed by atoms with Gasteiger partial charge in [0.25, 0.3) is 5.91 Å². The van der Waals surface area contributed by atoms with E-state index < -0.39 is 5.54 Å². The molecule has 9 nitrogen and oxygen atoms in total. The molecule has 0 saturated carbocycles. The van der Waals surface area contributed by atoms with Gasteiger partial charge in [0, 0.05) is 26.1 Å². The van der Waals surface area contributed by atoms with Crippen LogP contribution < -0.4 is 5.32 Å². The third kappa shape index (κ3) is 2.88. The third-order valence-electron chi connectivity index (χ3n) is 5.15. The molecule has 1 N–H and O–H groups in total. The molecule has 2 fully saturated rings. The second-order valence-corrected chi connectivity index (χ2v) is 6.89. The molecule has 0 aromatic carbocycles. The minimum absolute atomic E-state index is 0.0863. The predicted octanol–water partition coefficient (Wildman–Crippen LogP) is 0.235. The summed E-state index contributed by atoms with van der Waals surface area (Å²) in [5.74, 6) is 0.792. The van der Waals surface area contributed by atoms with E-state index in [4.69, 9.17) is 0 Å². The van der Waals surface area contributed by atoms with Gasteiger partial charge >= 0.3 is 6.03 Å². The van der Waals surface area contributed by atoms with E-state index >= 15 is 0 Å². The van der Waals surface area contributed by atoms with Gasteiger partial charge in [-0.2, -0.15) is 0 Å². The fourth-order valence-electron chi connectivity index (χ4n) is 3.67. The SMILES string of the molecule is CCCn1nnnc1CN1CCCC(C2(C)NC(=O)N(C)C2=O)C1. The number of hydrogen-bond donors (Lipinski definition) is 1. The van der Waals surface area contributed by atoms with Gasteiger partial charge in [-0.1, -0.05) is 6.92 Å². The van der Waals surface area contributed by atoms with Crippen molar-refractivity contribution >= 4 is 11.9 Å². The Balaban J connectivity index is 1.69. The van der Waals surface area contributed by atoms with Crippen LogP contribution in [0.2, 0.25) is 0 Å². The number of urea groups is 1. The third-order valence-corrected chi connectivity index (χ3v) is 5.15. The number of amides is 3. The maximum atomic E-state index is 12.5. The van der Waals surface area contributed by atoms with Crippen molar-refractivity contribution in [1.29, 1.82) is 0 Å². The summed E-state index contributed by atoms with van der Waals surface area (Å²) in [7, 11) is 1.53. The number of carbonyl (C=O) groups excluding carboxylic acids is 2. The van der Waals surface area contributed by atoms with Crippen LogP contribution in [-0.4, -0.2) is 67.6 Å². The van der Waals surface area contributed by atoms with E-state index in [0.29, 0.717) is 6.54 Å². The lowest BCUT2D eigenvalue weighted by Gasteiger charge is -2.39. The monoisotopic (exact) mass is 335 g/mol. The number of nitrogens with zero attached hydrogens (tertiary/aromatic N) is 6. The molecule has 3 rings (SSSR count). The van der Waals surface area contributed by atoms with Crippen LogP contribution in [0.3, 0.4) is 0 Å². The van der Waals surface area contributed by atoms with Gasteiger partial charge in [0.2, 0.25) is 0 Å². The van der Waals surface area contributed by atoms with Crippen LogP contribution in [0.5, 0.6) is 0 Å². The average molecular weight is 335 g/mol. The number of rotatable bonds is 5. The van der Waals surface area contributed by atoms with Crippen molar-refractivity contribution in [3.63, 3.8) is 0 Å². The molecule has 2 aliphatic rings. The van der Waals surface area contributed by atoms with E-state index in [1.807, 2.05) is 11.6 Å². The molecule has 2 saturated heterocycles. The maximum Gasteiger partial charge on any atom is 0.324 e. The van der Waals surface area contributed by atoms with Crippen molar-refractivity contribution in [3.8, 4) is 0 Å². The van der Waals surface area contributed by atoms with Crippen molar-refractivity contribution in [2.45, 2.75) is 51.7 Å². The van der Waals surface area contributed by atoms with Crippen LogP contribution in [0.15, 0.2) is 0 Å². The van der Waals surface area contributed by atoms with Crippen molar-refractivity contribution in [2.24, 2.45) is 5.92 Å². The van der Waals surface area contributed by atoms with Crippen LogP contribution in [0.4, 0.5) is 4.79 Å². The van der Waals surface area contributed by atoms with Gasteiger partial charge in [-0.05, 0) is 43.2 Å². The number of hydrogen-bond acceptors (Lipinski definition) is 6. The van der Waals surface area contributed by atoms with E-state index in [2.05, 4.69) is 32.7 Å². The van der Waals surface area contributed by atoms with Crippen LogP contribution in [0.1, 0.15) is 38.9 Å².